The molecule has 1 saturated carbocycles. The highest BCUT2D eigenvalue weighted by Gasteiger charge is 2.38. The minimum absolute atomic E-state index is 0. The maximum atomic E-state index is 13.5. The molecule has 0 heterocycles. The molecular formula is C14H19ClF2N2O. The zero-order chi connectivity index (χ0) is 14.0. The fourth-order valence-corrected chi connectivity index (χ4v) is 2.58. The Bertz CT molecular complexity index is 490. The zero-order valence-electron chi connectivity index (χ0n) is 11.4. The lowest BCUT2D eigenvalue weighted by molar-refractivity contribution is -0.136. The molecule has 20 heavy (non-hydrogen) atoms. The molecule has 2 N–H and O–H groups in total. The number of carbonyl (C=O) groups excluding carboxylic acids is 1. The van der Waals surface area contributed by atoms with E-state index in [1.54, 1.807) is 7.05 Å². The molecule has 0 radical (unpaired) electrons. The third-order valence-corrected chi connectivity index (χ3v) is 3.69. The largest absolute Gasteiger partial charge is 0.340 e. The van der Waals surface area contributed by atoms with Crippen LogP contribution in [-0.4, -0.2) is 23.4 Å². The fourth-order valence-electron chi connectivity index (χ4n) is 2.58. The van der Waals surface area contributed by atoms with E-state index in [1.165, 1.54) is 17.0 Å². The molecule has 0 bridgehead atoms. The molecule has 1 aliphatic rings. The maximum absolute atomic E-state index is 13.5. The van der Waals surface area contributed by atoms with Crippen LogP contribution < -0.4 is 5.73 Å². The molecule has 1 fully saturated rings. The van der Waals surface area contributed by atoms with Crippen molar-refractivity contribution in [3.05, 3.63) is 35.4 Å². The number of nitrogens with two attached hydrogens (primary N) is 1. The molecule has 3 nitrogen and oxygen atoms in total. The van der Waals surface area contributed by atoms with Crippen LogP contribution >= 0.6 is 12.4 Å². The number of hydrogen-bond acceptors (Lipinski definition) is 2. The summed E-state index contributed by atoms with van der Waals surface area (Å²) in [5.74, 6) is -1.44. The molecule has 2 rings (SSSR count). The topological polar surface area (TPSA) is 46.3 Å². The number of rotatable bonds is 3. The standard InChI is InChI=1S/C14H18F2N2O.ClH/c1-18(13(19)14(17)6-2-3-7-14)9-10-4-5-11(15)8-12(10)16;/h4-5,8H,2-3,6-7,9,17H2,1H3;1H. The lowest BCUT2D eigenvalue weighted by Gasteiger charge is -2.28. The van der Waals surface area contributed by atoms with E-state index in [-0.39, 0.29) is 24.9 Å². The van der Waals surface area contributed by atoms with Crippen molar-refractivity contribution in [3.8, 4) is 0 Å². The predicted molar refractivity (Wildman–Crippen MR) is 75.5 cm³/mol. The number of carbonyl (C=O) groups is 1. The van der Waals surface area contributed by atoms with Crippen molar-refractivity contribution in [2.24, 2.45) is 5.73 Å². The van der Waals surface area contributed by atoms with E-state index >= 15 is 0 Å². The van der Waals surface area contributed by atoms with Crippen molar-refractivity contribution in [2.75, 3.05) is 7.05 Å². The lowest BCUT2D eigenvalue weighted by atomic mass is 9.97. The van der Waals surface area contributed by atoms with Crippen LogP contribution in [0.1, 0.15) is 31.2 Å². The molecule has 1 aromatic rings. The Balaban J connectivity index is 0.00000200. The summed E-state index contributed by atoms with van der Waals surface area (Å²) in [6, 6.07) is 3.36. The van der Waals surface area contributed by atoms with E-state index in [0.717, 1.165) is 18.9 Å². The Hall–Kier alpha value is -1.20. The third-order valence-electron chi connectivity index (χ3n) is 3.69. The van der Waals surface area contributed by atoms with Gasteiger partial charge in [-0.05, 0) is 18.9 Å². The summed E-state index contributed by atoms with van der Waals surface area (Å²) in [7, 11) is 1.60. The predicted octanol–water partition coefficient (Wildman–Crippen LogP) is 2.62. The van der Waals surface area contributed by atoms with Gasteiger partial charge < -0.3 is 10.6 Å². The third kappa shape index (κ3) is 3.46. The molecule has 1 aliphatic carbocycles. The lowest BCUT2D eigenvalue weighted by Crippen LogP contribution is -2.52. The van der Waals surface area contributed by atoms with Crippen molar-refractivity contribution >= 4 is 18.3 Å². The molecule has 0 aromatic heterocycles. The number of hydrogen-bond donors (Lipinski definition) is 1. The molecule has 0 atom stereocenters. The van der Waals surface area contributed by atoms with Gasteiger partial charge in [-0.2, -0.15) is 0 Å². The summed E-state index contributed by atoms with van der Waals surface area (Å²) in [4.78, 5) is 13.7. The highest BCUT2D eigenvalue weighted by atomic mass is 35.5. The monoisotopic (exact) mass is 304 g/mol. The Morgan fingerprint density at radius 3 is 2.50 bits per heavy atom. The van der Waals surface area contributed by atoms with Crippen molar-refractivity contribution in [3.63, 3.8) is 0 Å². The van der Waals surface area contributed by atoms with Gasteiger partial charge in [-0.3, -0.25) is 4.79 Å². The summed E-state index contributed by atoms with van der Waals surface area (Å²) in [6.07, 6.45) is 3.23. The van der Waals surface area contributed by atoms with E-state index in [1.807, 2.05) is 0 Å². The molecule has 0 aliphatic heterocycles. The Labute approximate surface area is 123 Å². The number of benzene rings is 1. The smallest absolute Gasteiger partial charge is 0.242 e. The van der Waals surface area contributed by atoms with Crippen LogP contribution in [0.15, 0.2) is 18.2 Å². The van der Waals surface area contributed by atoms with Crippen LogP contribution in [0, 0.1) is 11.6 Å². The SMILES string of the molecule is CN(Cc1ccc(F)cc1F)C(=O)C1(N)CCCC1.Cl. The van der Waals surface area contributed by atoms with Gasteiger partial charge in [0.15, 0.2) is 0 Å². The number of nitrogens with zero attached hydrogens (tertiary/aromatic N) is 1. The van der Waals surface area contributed by atoms with Gasteiger partial charge in [0.05, 0.1) is 5.54 Å². The molecule has 0 spiro atoms. The van der Waals surface area contributed by atoms with Crippen LogP contribution in [-0.2, 0) is 11.3 Å². The first-order valence-electron chi connectivity index (χ1n) is 6.41. The second-order valence-electron chi connectivity index (χ2n) is 5.26. The summed E-state index contributed by atoms with van der Waals surface area (Å²) in [5, 5.41) is 0. The van der Waals surface area contributed by atoms with Crippen LogP contribution in [0.25, 0.3) is 0 Å². The highest BCUT2D eigenvalue weighted by molar-refractivity contribution is 5.86. The van der Waals surface area contributed by atoms with Gasteiger partial charge >= 0.3 is 0 Å². The molecule has 1 aromatic carbocycles. The van der Waals surface area contributed by atoms with Crippen LogP contribution in [0.4, 0.5) is 8.78 Å². The summed E-state index contributed by atoms with van der Waals surface area (Å²) >= 11 is 0. The van der Waals surface area contributed by atoms with Gasteiger partial charge in [-0.1, -0.05) is 18.9 Å². The average molecular weight is 305 g/mol. The average Bonchev–Trinajstić information content (AvgIpc) is 2.80. The molecule has 112 valence electrons. The van der Waals surface area contributed by atoms with Gasteiger partial charge in [-0.25, -0.2) is 8.78 Å². The van der Waals surface area contributed by atoms with Gasteiger partial charge in [0.1, 0.15) is 11.6 Å². The Morgan fingerprint density at radius 2 is 1.95 bits per heavy atom. The second-order valence-corrected chi connectivity index (χ2v) is 5.26. The quantitative estimate of drug-likeness (QED) is 0.933. The Morgan fingerprint density at radius 1 is 1.35 bits per heavy atom. The van der Waals surface area contributed by atoms with Gasteiger partial charge in [-0.15, -0.1) is 12.4 Å². The second kappa shape index (κ2) is 6.50. The van der Waals surface area contributed by atoms with Crippen molar-refractivity contribution < 1.29 is 13.6 Å². The van der Waals surface area contributed by atoms with Crippen molar-refractivity contribution in [1.29, 1.82) is 0 Å². The van der Waals surface area contributed by atoms with Gasteiger partial charge in [0.25, 0.3) is 0 Å². The number of amides is 1. The maximum Gasteiger partial charge on any atom is 0.242 e. The van der Waals surface area contributed by atoms with Crippen LogP contribution in [0.3, 0.4) is 0 Å². The van der Waals surface area contributed by atoms with Crippen LogP contribution in [0.5, 0.6) is 0 Å². The minimum Gasteiger partial charge on any atom is -0.340 e. The zero-order valence-corrected chi connectivity index (χ0v) is 12.2. The van der Waals surface area contributed by atoms with E-state index in [9.17, 15) is 13.6 Å². The molecule has 1 amide bonds. The minimum atomic E-state index is -0.814. The molecule has 0 unspecified atom stereocenters. The van der Waals surface area contributed by atoms with E-state index in [2.05, 4.69) is 0 Å². The normalized spacial score (nSPS) is 16.6. The number of likely N-dealkylation sites (N-methyl/N-ethyl adjacent to an activating group) is 1. The van der Waals surface area contributed by atoms with Crippen molar-refractivity contribution in [1.82, 2.24) is 4.90 Å². The number of halogens is 3. The summed E-state index contributed by atoms with van der Waals surface area (Å²) in [6.45, 7) is 0.101. The van der Waals surface area contributed by atoms with Gasteiger partial charge in [0, 0.05) is 25.2 Å². The van der Waals surface area contributed by atoms with E-state index in [0.29, 0.717) is 18.4 Å². The van der Waals surface area contributed by atoms with Crippen LogP contribution in [0.2, 0.25) is 0 Å². The first-order chi connectivity index (χ1) is 8.92. The van der Waals surface area contributed by atoms with Gasteiger partial charge in [0.2, 0.25) is 5.91 Å². The Kier molecular flexibility index (Phi) is 5.48. The van der Waals surface area contributed by atoms with E-state index in [4.69, 9.17) is 5.73 Å². The molecule has 0 saturated heterocycles. The fraction of sp³-hybridized carbons (Fsp3) is 0.500. The first-order valence-corrected chi connectivity index (χ1v) is 6.41. The summed E-state index contributed by atoms with van der Waals surface area (Å²) < 4.78 is 26.3. The first kappa shape index (κ1) is 16.9. The molecule has 6 heteroatoms. The van der Waals surface area contributed by atoms with E-state index < -0.39 is 17.2 Å². The molecular weight excluding hydrogens is 286 g/mol. The summed E-state index contributed by atoms with van der Waals surface area (Å²) in [5.41, 5.74) is 5.55. The van der Waals surface area contributed by atoms with Crippen molar-refractivity contribution in [2.45, 2.75) is 37.8 Å². The highest BCUT2D eigenvalue weighted by Crippen LogP contribution is 2.29.